The van der Waals surface area contributed by atoms with Crippen LogP contribution in [0.5, 0.6) is 5.75 Å². The minimum Gasteiger partial charge on any atom is -0.488 e. The smallest absolute Gasteiger partial charge is 0.342 e. The van der Waals surface area contributed by atoms with Crippen molar-refractivity contribution in [1.29, 1.82) is 0 Å². The summed E-state index contributed by atoms with van der Waals surface area (Å²) in [4.78, 5) is 36.2. The summed E-state index contributed by atoms with van der Waals surface area (Å²) in [5.41, 5.74) is 7.63. The van der Waals surface area contributed by atoms with Gasteiger partial charge in [0, 0.05) is 11.3 Å². The standard InChI is InChI=1S/C23H23N3O6/c1-13-19(14(2)32-26-13)12-30-20-7-5-4-6-18(20)23(29)31-15(3)22(28)25-17-10-8-16(9-11-17)21(24)27/h4-11,15H,12H2,1-3H3,(H2,24,27)(H,25,28). The molecule has 166 valence electrons. The molecule has 0 saturated heterocycles. The van der Waals surface area contributed by atoms with Gasteiger partial charge >= 0.3 is 5.97 Å². The van der Waals surface area contributed by atoms with Gasteiger partial charge in [-0.05, 0) is 57.2 Å². The van der Waals surface area contributed by atoms with Crippen LogP contribution in [0.15, 0.2) is 53.1 Å². The molecule has 0 bridgehead atoms. The minimum absolute atomic E-state index is 0.169. The van der Waals surface area contributed by atoms with Crippen molar-refractivity contribution < 1.29 is 28.4 Å². The summed E-state index contributed by atoms with van der Waals surface area (Å²) in [6, 6.07) is 12.6. The van der Waals surface area contributed by atoms with Crippen molar-refractivity contribution in [3.63, 3.8) is 0 Å². The second-order valence-corrected chi connectivity index (χ2v) is 7.07. The Morgan fingerprint density at radius 2 is 1.78 bits per heavy atom. The summed E-state index contributed by atoms with van der Waals surface area (Å²) in [7, 11) is 0. The number of nitrogens with one attached hydrogen (secondary N) is 1. The van der Waals surface area contributed by atoms with E-state index in [2.05, 4.69) is 10.5 Å². The predicted molar refractivity (Wildman–Crippen MR) is 115 cm³/mol. The van der Waals surface area contributed by atoms with Crippen LogP contribution in [0.1, 0.15) is 44.7 Å². The Kier molecular flexibility index (Phi) is 6.89. The molecule has 2 aromatic carbocycles. The van der Waals surface area contributed by atoms with E-state index in [0.29, 0.717) is 28.5 Å². The number of carbonyl (C=O) groups excluding carboxylic acids is 3. The highest BCUT2D eigenvalue weighted by Crippen LogP contribution is 2.23. The first-order valence-electron chi connectivity index (χ1n) is 9.81. The van der Waals surface area contributed by atoms with Crippen molar-refractivity contribution >= 4 is 23.5 Å². The molecular weight excluding hydrogens is 414 g/mol. The molecule has 3 rings (SSSR count). The van der Waals surface area contributed by atoms with Crippen LogP contribution in [0, 0.1) is 13.8 Å². The number of ether oxygens (including phenoxy) is 2. The number of amides is 2. The van der Waals surface area contributed by atoms with Gasteiger partial charge in [-0.2, -0.15) is 0 Å². The second kappa shape index (κ2) is 9.78. The first-order chi connectivity index (χ1) is 15.3. The highest BCUT2D eigenvalue weighted by molar-refractivity contribution is 5.99. The third kappa shape index (κ3) is 5.31. The molecule has 0 aliphatic heterocycles. The molecule has 0 fully saturated rings. The molecular formula is C23H23N3O6. The maximum atomic E-state index is 12.7. The van der Waals surface area contributed by atoms with Crippen LogP contribution < -0.4 is 15.8 Å². The van der Waals surface area contributed by atoms with Crippen LogP contribution >= 0.6 is 0 Å². The van der Waals surface area contributed by atoms with E-state index >= 15 is 0 Å². The third-order valence-corrected chi connectivity index (χ3v) is 4.75. The van der Waals surface area contributed by atoms with Crippen molar-refractivity contribution in [1.82, 2.24) is 5.16 Å². The lowest BCUT2D eigenvalue weighted by Gasteiger charge is -2.15. The number of anilines is 1. The average molecular weight is 437 g/mol. The van der Waals surface area contributed by atoms with Crippen molar-refractivity contribution in [3.8, 4) is 5.75 Å². The van der Waals surface area contributed by atoms with Gasteiger partial charge in [-0.1, -0.05) is 17.3 Å². The van der Waals surface area contributed by atoms with Crippen molar-refractivity contribution in [2.75, 3.05) is 5.32 Å². The first-order valence-corrected chi connectivity index (χ1v) is 9.81. The van der Waals surface area contributed by atoms with Crippen molar-refractivity contribution in [3.05, 3.63) is 76.7 Å². The fourth-order valence-electron chi connectivity index (χ4n) is 2.86. The number of carbonyl (C=O) groups is 3. The maximum Gasteiger partial charge on any atom is 0.342 e. The summed E-state index contributed by atoms with van der Waals surface area (Å²) < 4.78 is 16.2. The summed E-state index contributed by atoms with van der Waals surface area (Å²) in [6.45, 7) is 5.21. The number of benzene rings is 2. The Balaban J connectivity index is 1.63. The number of esters is 1. The molecule has 1 atom stereocenters. The summed E-state index contributed by atoms with van der Waals surface area (Å²) in [5.74, 6) is -0.852. The molecule has 3 N–H and O–H groups in total. The minimum atomic E-state index is -1.08. The Hall–Kier alpha value is -4.14. The highest BCUT2D eigenvalue weighted by atomic mass is 16.5. The zero-order valence-corrected chi connectivity index (χ0v) is 17.9. The lowest BCUT2D eigenvalue weighted by atomic mass is 10.2. The van der Waals surface area contributed by atoms with Crippen LogP contribution in [0.2, 0.25) is 0 Å². The van der Waals surface area contributed by atoms with Gasteiger partial charge in [0.05, 0.1) is 11.3 Å². The van der Waals surface area contributed by atoms with E-state index in [-0.39, 0.29) is 12.2 Å². The molecule has 0 spiro atoms. The molecule has 0 aliphatic carbocycles. The zero-order valence-electron chi connectivity index (χ0n) is 17.9. The van der Waals surface area contributed by atoms with Gasteiger partial charge in [0.1, 0.15) is 23.7 Å². The van der Waals surface area contributed by atoms with Gasteiger partial charge in [0.15, 0.2) is 6.10 Å². The Morgan fingerprint density at radius 3 is 2.41 bits per heavy atom. The third-order valence-electron chi connectivity index (χ3n) is 4.75. The molecule has 0 aliphatic rings. The van der Waals surface area contributed by atoms with Gasteiger partial charge in [-0.25, -0.2) is 4.79 Å². The maximum absolute atomic E-state index is 12.7. The van der Waals surface area contributed by atoms with E-state index < -0.39 is 23.9 Å². The normalized spacial score (nSPS) is 11.5. The number of aryl methyl sites for hydroxylation is 2. The predicted octanol–water partition coefficient (Wildman–Crippen LogP) is 3.15. The van der Waals surface area contributed by atoms with Gasteiger partial charge in [-0.15, -0.1) is 0 Å². The van der Waals surface area contributed by atoms with Gasteiger partial charge < -0.3 is 25.0 Å². The Morgan fingerprint density at radius 1 is 1.09 bits per heavy atom. The number of primary amides is 1. The fraction of sp³-hybridized carbons (Fsp3) is 0.217. The molecule has 0 saturated carbocycles. The SMILES string of the molecule is Cc1noc(C)c1COc1ccccc1C(=O)OC(C)C(=O)Nc1ccc(C(N)=O)cc1. The van der Waals surface area contributed by atoms with Crippen LogP contribution in [-0.2, 0) is 16.1 Å². The van der Waals surface area contributed by atoms with E-state index in [1.807, 2.05) is 0 Å². The molecule has 1 unspecified atom stereocenters. The summed E-state index contributed by atoms with van der Waals surface area (Å²) >= 11 is 0. The van der Waals surface area contributed by atoms with E-state index in [0.717, 1.165) is 5.56 Å². The highest BCUT2D eigenvalue weighted by Gasteiger charge is 2.22. The van der Waals surface area contributed by atoms with E-state index in [9.17, 15) is 14.4 Å². The Labute approximate surface area is 184 Å². The molecule has 1 heterocycles. The number of aromatic nitrogens is 1. The first kappa shape index (κ1) is 22.5. The average Bonchev–Trinajstić information content (AvgIpc) is 3.09. The second-order valence-electron chi connectivity index (χ2n) is 7.07. The summed E-state index contributed by atoms with van der Waals surface area (Å²) in [6.07, 6.45) is -1.08. The van der Waals surface area contributed by atoms with Crippen molar-refractivity contribution in [2.24, 2.45) is 5.73 Å². The van der Waals surface area contributed by atoms with Crippen LogP contribution in [-0.4, -0.2) is 29.0 Å². The number of rotatable bonds is 8. The lowest BCUT2D eigenvalue weighted by molar-refractivity contribution is -0.123. The molecule has 0 radical (unpaired) electrons. The molecule has 2 amide bonds. The molecule has 9 nitrogen and oxygen atoms in total. The Bertz CT molecular complexity index is 1120. The van der Waals surface area contributed by atoms with E-state index in [1.54, 1.807) is 38.1 Å². The van der Waals surface area contributed by atoms with E-state index in [1.165, 1.54) is 31.2 Å². The number of hydrogen-bond donors (Lipinski definition) is 2. The summed E-state index contributed by atoms with van der Waals surface area (Å²) in [5, 5.41) is 6.50. The lowest BCUT2D eigenvalue weighted by Crippen LogP contribution is -2.30. The fourth-order valence-corrected chi connectivity index (χ4v) is 2.86. The number of nitrogens with zero attached hydrogens (tertiary/aromatic N) is 1. The molecule has 3 aromatic rings. The van der Waals surface area contributed by atoms with Gasteiger partial charge in [-0.3, -0.25) is 9.59 Å². The topological polar surface area (TPSA) is 134 Å². The number of hydrogen-bond acceptors (Lipinski definition) is 7. The largest absolute Gasteiger partial charge is 0.488 e. The number of para-hydroxylation sites is 1. The van der Waals surface area contributed by atoms with Crippen LogP contribution in [0.4, 0.5) is 5.69 Å². The van der Waals surface area contributed by atoms with Crippen LogP contribution in [0.3, 0.4) is 0 Å². The van der Waals surface area contributed by atoms with Gasteiger partial charge in [0.25, 0.3) is 5.91 Å². The zero-order chi connectivity index (χ0) is 23.3. The van der Waals surface area contributed by atoms with Gasteiger partial charge in [0.2, 0.25) is 5.91 Å². The van der Waals surface area contributed by atoms with Crippen molar-refractivity contribution in [2.45, 2.75) is 33.5 Å². The monoisotopic (exact) mass is 437 g/mol. The molecule has 1 aromatic heterocycles. The molecule has 9 heteroatoms. The van der Waals surface area contributed by atoms with E-state index in [4.69, 9.17) is 19.7 Å². The quantitative estimate of drug-likeness (QED) is 0.517. The van der Waals surface area contributed by atoms with Crippen LogP contribution in [0.25, 0.3) is 0 Å². The number of nitrogens with two attached hydrogens (primary N) is 1. The molecule has 32 heavy (non-hydrogen) atoms.